The number of hydrogen-bond acceptors (Lipinski definition) is 4. The van der Waals surface area contributed by atoms with E-state index in [1.807, 2.05) is 86.8 Å². The molecule has 0 saturated carbocycles. The third-order valence-electron chi connectivity index (χ3n) is 5.22. The second kappa shape index (κ2) is 8.80. The van der Waals surface area contributed by atoms with Gasteiger partial charge in [-0.15, -0.1) is 11.3 Å². The van der Waals surface area contributed by atoms with Crippen LogP contribution in [-0.2, 0) is 9.59 Å². The molecule has 0 atom stereocenters. The van der Waals surface area contributed by atoms with E-state index in [9.17, 15) is 9.59 Å². The van der Waals surface area contributed by atoms with Gasteiger partial charge in [-0.05, 0) is 57.0 Å². The Balaban J connectivity index is 1.76. The van der Waals surface area contributed by atoms with Crippen molar-refractivity contribution in [3.63, 3.8) is 0 Å². The van der Waals surface area contributed by atoms with Crippen LogP contribution in [0.4, 0.5) is 11.4 Å². The molecule has 4 aromatic rings. The van der Waals surface area contributed by atoms with Crippen LogP contribution in [0.2, 0.25) is 0 Å². The number of hydrogen-bond donors (Lipinski definition) is 2. The zero-order valence-corrected chi connectivity index (χ0v) is 19.2. The first-order valence-electron chi connectivity index (χ1n) is 10.2. The number of para-hydroxylation sites is 2. The molecule has 0 spiro atoms. The lowest BCUT2D eigenvalue weighted by molar-refractivity contribution is -0.118. The van der Waals surface area contributed by atoms with Gasteiger partial charge < -0.3 is 10.6 Å². The molecule has 2 N–H and O–H groups in total. The van der Waals surface area contributed by atoms with Crippen molar-refractivity contribution in [3.05, 3.63) is 87.7 Å². The number of aromatic nitrogens is 2. The van der Waals surface area contributed by atoms with Crippen molar-refractivity contribution in [2.45, 2.75) is 27.7 Å². The van der Waals surface area contributed by atoms with Crippen LogP contribution in [0, 0.1) is 27.7 Å². The Morgan fingerprint density at radius 2 is 1.41 bits per heavy atom. The van der Waals surface area contributed by atoms with Gasteiger partial charge in [-0.25, -0.2) is 4.98 Å². The second-order valence-corrected chi connectivity index (χ2v) is 8.89. The number of anilines is 2. The number of fused-ring (bicyclic) bond motifs is 1. The maximum Gasteiger partial charge on any atom is 0.261 e. The molecule has 2 aromatic heterocycles. The fourth-order valence-electron chi connectivity index (χ4n) is 3.43. The number of aryl methyl sites for hydroxylation is 4. The van der Waals surface area contributed by atoms with Crippen LogP contribution in [0.1, 0.15) is 27.4 Å². The number of imidazole rings is 1. The first-order valence-corrected chi connectivity index (χ1v) is 11.1. The summed E-state index contributed by atoms with van der Waals surface area (Å²) < 4.78 is 1.91. The summed E-state index contributed by atoms with van der Waals surface area (Å²) in [5.41, 5.74) is 4.61. The molecule has 162 valence electrons. The summed E-state index contributed by atoms with van der Waals surface area (Å²) in [5, 5.41) is 5.76. The molecule has 0 radical (unpaired) electrons. The lowest BCUT2D eigenvalue weighted by Crippen LogP contribution is -2.26. The average molecular weight is 445 g/mol. The molecular formula is C25H24N4O2S. The maximum atomic E-state index is 13.3. The number of benzene rings is 2. The summed E-state index contributed by atoms with van der Waals surface area (Å²) in [6.07, 6.45) is 3.57. The van der Waals surface area contributed by atoms with Gasteiger partial charge in [0, 0.05) is 22.4 Å². The van der Waals surface area contributed by atoms with E-state index in [1.165, 1.54) is 0 Å². The third-order valence-corrected chi connectivity index (χ3v) is 6.12. The van der Waals surface area contributed by atoms with Gasteiger partial charge in [0.05, 0.1) is 11.4 Å². The molecule has 0 unspecified atom stereocenters. The van der Waals surface area contributed by atoms with E-state index in [0.29, 0.717) is 17.1 Å². The molecule has 2 aromatic carbocycles. The number of carbonyl (C=O) groups is 2. The van der Waals surface area contributed by atoms with Crippen molar-refractivity contribution in [3.8, 4) is 0 Å². The molecule has 2 heterocycles. The van der Waals surface area contributed by atoms with Crippen LogP contribution in [0.3, 0.4) is 0 Å². The van der Waals surface area contributed by atoms with Crippen LogP contribution in [0.25, 0.3) is 11.0 Å². The van der Waals surface area contributed by atoms with Crippen LogP contribution in [0.15, 0.2) is 60.3 Å². The van der Waals surface area contributed by atoms with E-state index in [0.717, 1.165) is 26.7 Å². The van der Waals surface area contributed by atoms with E-state index in [-0.39, 0.29) is 5.57 Å². The summed E-state index contributed by atoms with van der Waals surface area (Å²) in [4.78, 5) is 33.1. The van der Waals surface area contributed by atoms with Gasteiger partial charge in [0.15, 0.2) is 4.96 Å². The molecule has 2 amide bonds. The van der Waals surface area contributed by atoms with Crippen LogP contribution in [-0.4, -0.2) is 21.2 Å². The lowest BCUT2D eigenvalue weighted by atomic mass is 10.1. The molecule has 0 aliphatic heterocycles. The second-order valence-electron chi connectivity index (χ2n) is 7.67. The summed E-state index contributed by atoms with van der Waals surface area (Å²) >= 11 is 1.56. The summed E-state index contributed by atoms with van der Waals surface area (Å²) in [6, 6.07) is 14.9. The standard InChI is InChI=1S/C25H24N4O2S/c1-15-9-5-7-11-20(15)27-23(30)19(24(31)28-21-12-8-6-10-16(21)2)13-22-18(4)26-25-29(22)14-17(3)32-25/h5-14H,1-4H3,(H,27,30)(H,28,31). The van der Waals surface area contributed by atoms with Crippen molar-refractivity contribution in [2.24, 2.45) is 0 Å². The topological polar surface area (TPSA) is 75.5 Å². The molecule has 0 fully saturated rings. The highest BCUT2D eigenvalue weighted by Crippen LogP contribution is 2.24. The van der Waals surface area contributed by atoms with Gasteiger partial charge in [0.25, 0.3) is 11.8 Å². The molecule has 4 rings (SSSR count). The first kappa shape index (κ1) is 21.5. The smallest absolute Gasteiger partial charge is 0.261 e. The number of amides is 2. The molecule has 7 heteroatoms. The summed E-state index contributed by atoms with van der Waals surface area (Å²) in [6.45, 7) is 7.69. The maximum absolute atomic E-state index is 13.3. The number of thiazole rings is 1. The molecule has 0 bridgehead atoms. The Morgan fingerprint density at radius 3 is 1.94 bits per heavy atom. The first-order chi connectivity index (χ1) is 15.3. The van der Waals surface area contributed by atoms with Crippen LogP contribution >= 0.6 is 11.3 Å². The Labute approximate surface area is 190 Å². The molecule has 6 nitrogen and oxygen atoms in total. The largest absolute Gasteiger partial charge is 0.322 e. The quantitative estimate of drug-likeness (QED) is 0.249. The minimum absolute atomic E-state index is 0.00487. The van der Waals surface area contributed by atoms with E-state index >= 15 is 0 Å². The van der Waals surface area contributed by atoms with Gasteiger partial charge in [0.1, 0.15) is 5.57 Å². The summed E-state index contributed by atoms with van der Waals surface area (Å²) in [5.74, 6) is -0.960. The Morgan fingerprint density at radius 1 is 0.875 bits per heavy atom. The highest BCUT2D eigenvalue weighted by Gasteiger charge is 2.22. The SMILES string of the molecule is Cc1cn2c(C=C(C(=O)Nc3ccccc3C)C(=O)Nc3ccccc3C)c(C)nc2s1. The molecule has 0 saturated heterocycles. The Kier molecular flexibility index (Phi) is 5.92. The van der Waals surface area contributed by atoms with Gasteiger partial charge in [0.2, 0.25) is 0 Å². The van der Waals surface area contributed by atoms with Crippen molar-refractivity contribution in [1.82, 2.24) is 9.38 Å². The van der Waals surface area contributed by atoms with Crippen molar-refractivity contribution < 1.29 is 9.59 Å². The zero-order chi connectivity index (χ0) is 22.8. The van der Waals surface area contributed by atoms with Gasteiger partial charge in [-0.1, -0.05) is 36.4 Å². The lowest BCUT2D eigenvalue weighted by Gasteiger charge is -2.13. The number of nitrogens with zero attached hydrogens (tertiary/aromatic N) is 2. The van der Waals surface area contributed by atoms with Crippen molar-refractivity contribution in [1.29, 1.82) is 0 Å². The number of carbonyl (C=O) groups excluding carboxylic acids is 2. The van der Waals surface area contributed by atoms with E-state index in [4.69, 9.17) is 0 Å². The minimum atomic E-state index is -0.480. The highest BCUT2D eigenvalue weighted by atomic mass is 32.1. The van der Waals surface area contributed by atoms with Crippen LogP contribution in [0.5, 0.6) is 0 Å². The predicted molar refractivity (Wildman–Crippen MR) is 130 cm³/mol. The van der Waals surface area contributed by atoms with Gasteiger partial charge in [-0.3, -0.25) is 14.0 Å². The third kappa shape index (κ3) is 4.33. The zero-order valence-electron chi connectivity index (χ0n) is 18.4. The Hall–Kier alpha value is -3.71. The Bertz CT molecular complexity index is 1300. The fourth-order valence-corrected chi connectivity index (χ4v) is 4.31. The average Bonchev–Trinajstić information content (AvgIpc) is 3.24. The minimum Gasteiger partial charge on any atom is -0.322 e. The molecule has 32 heavy (non-hydrogen) atoms. The van der Waals surface area contributed by atoms with E-state index in [2.05, 4.69) is 15.6 Å². The van der Waals surface area contributed by atoms with E-state index < -0.39 is 11.8 Å². The normalized spacial score (nSPS) is 10.8. The fraction of sp³-hybridized carbons (Fsp3) is 0.160. The van der Waals surface area contributed by atoms with Gasteiger partial charge >= 0.3 is 0 Å². The van der Waals surface area contributed by atoms with Gasteiger partial charge in [-0.2, -0.15) is 0 Å². The molecule has 0 aliphatic rings. The molecule has 0 aliphatic carbocycles. The molecular weight excluding hydrogens is 420 g/mol. The van der Waals surface area contributed by atoms with E-state index in [1.54, 1.807) is 17.4 Å². The predicted octanol–water partition coefficient (Wildman–Crippen LogP) is 5.29. The monoisotopic (exact) mass is 444 g/mol. The summed E-state index contributed by atoms with van der Waals surface area (Å²) in [7, 11) is 0. The number of nitrogens with one attached hydrogen (secondary N) is 2. The van der Waals surface area contributed by atoms with Crippen LogP contribution < -0.4 is 10.6 Å². The van der Waals surface area contributed by atoms with Crippen molar-refractivity contribution in [2.75, 3.05) is 10.6 Å². The number of rotatable bonds is 5. The van der Waals surface area contributed by atoms with Crippen molar-refractivity contribution >= 4 is 45.6 Å². The highest BCUT2D eigenvalue weighted by molar-refractivity contribution is 7.17.